The van der Waals surface area contributed by atoms with E-state index in [0.29, 0.717) is 16.8 Å². The molecule has 120 valence electrons. The first-order chi connectivity index (χ1) is 11.7. The van der Waals surface area contributed by atoms with Crippen LogP contribution in [0.25, 0.3) is 21.7 Å². The van der Waals surface area contributed by atoms with Crippen molar-refractivity contribution >= 4 is 44.9 Å². The Morgan fingerprint density at radius 3 is 2.79 bits per heavy atom. The Balaban J connectivity index is 1.55. The van der Waals surface area contributed by atoms with Crippen molar-refractivity contribution in [3.8, 4) is 11.5 Å². The van der Waals surface area contributed by atoms with Crippen molar-refractivity contribution in [2.24, 2.45) is 0 Å². The Morgan fingerprint density at radius 1 is 1.12 bits per heavy atom. The zero-order valence-corrected chi connectivity index (χ0v) is 15.0. The van der Waals surface area contributed by atoms with Gasteiger partial charge in [-0.1, -0.05) is 41.6 Å². The summed E-state index contributed by atoms with van der Waals surface area (Å²) in [6, 6.07) is 15.5. The van der Waals surface area contributed by atoms with Crippen molar-refractivity contribution < 1.29 is 4.42 Å². The van der Waals surface area contributed by atoms with E-state index >= 15 is 0 Å². The molecule has 24 heavy (non-hydrogen) atoms. The van der Waals surface area contributed by atoms with Gasteiger partial charge in [-0.15, -0.1) is 21.5 Å². The molecule has 0 bridgehead atoms. The minimum atomic E-state index is 0.0194. The second-order valence-corrected chi connectivity index (χ2v) is 8.22. The molecule has 0 saturated heterocycles. The standard InChI is InChI=1S/C17H12ClN3OS2/c1-10(15-20-21-16(22-15)11-5-3-2-4-6-11)23-17-19-13-9-12(18)7-8-14(13)24-17/h2-10H,1H3/t10-/m1/s1. The number of hydrogen-bond donors (Lipinski definition) is 0. The average Bonchev–Trinajstić information content (AvgIpc) is 3.22. The van der Waals surface area contributed by atoms with Gasteiger partial charge < -0.3 is 4.42 Å². The summed E-state index contributed by atoms with van der Waals surface area (Å²) < 4.78 is 7.88. The summed E-state index contributed by atoms with van der Waals surface area (Å²) in [5.74, 6) is 1.13. The Hall–Kier alpha value is -1.89. The lowest BCUT2D eigenvalue weighted by Gasteiger charge is -2.02. The number of halogens is 1. The van der Waals surface area contributed by atoms with E-state index in [-0.39, 0.29) is 5.25 Å². The predicted molar refractivity (Wildman–Crippen MR) is 98.6 cm³/mol. The van der Waals surface area contributed by atoms with Crippen molar-refractivity contribution in [3.05, 3.63) is 59.4 Å². The summed E-state index contributed by atoms with van der Waals surface area (Å²) in [5, 5.41) is 9.03. The fourth-order valence-electron chi connectivity index (χ4n) is 2.23. The van der Waals surface area contributed by atoms with Crippen LogP contribution in [-0.4, -0.2) is 15.2 Å². The molecular formula is C17H12ClN3OS2. The van der Waals surface area contributed by atoms with Crippen molar-refractivity contribution in [1.82, 2.24) is 15.2 Å². The number of fused-ring (bicyclic) bond motifs is 1. The highest BCUT2D eigenvalue weighted by molar-refractivity contribution is 8.01. The molecule has 0 radical (unpaired) electrons. The highest BCUT2D eigenvalue weighted by atomic mass is 35.5. The summed E-state index contributed by atoms with van der Waals surface area (Å²) >= 11 is 9.26. The van der Waals surface area contributed by atoms with Crippen LogP contribution < -0.4 is 0 Å². The van der Waals surface area contributed by atoms with Crippen LogP contribution >= 0.6 is 34.7 Å². The SMILES string of the molecule is C[C@@H](Sc1nc2cc(Cl)ccc2s1)c1nnc(-c2ccccc2)o1. The van der Waals surface area contributed by atoms with Crippen LogP contribution in [0.15, 0.2) is 57.3 Å². The summed E-state index contributed by atoms with van der Waals surface area (Å²) in [6.07, 6.45) is 0. The first-order valence-electron chi connectivity index (χ1n) is 7.30. The Kier molecular flexibility index (Phi) is 4.26. The molecule has 4 nitrogen and oxygen atoms in total. The Morgan fingerprint density at radius 2 is 1.96 bits per heavy atom. The lowest BCUT2D eigenvalue weighted by atomic mass is 10.2. The van der Waals surface area contributed by atoms with Gasteiger partial charge in [-0.3, -0.25) is 0 Å². The monoisotopic (exact) mass is 373 g/mol. The smallest absolute Gasteiger partial charge is 0.247 e. The van der Waals surface area contributed by atoms with E-state index in [0.717, 1.165) is 20.1 Å². The zero-order chi connectivity index (χ0) is 16.5. The first kappa shape index (κ1) is 15.6. The van der Waals surface area contributed by atoms with Gasteiger partial charge in [0.15, 0.2) is 4.34 Å². The fourth-order valence-corrected chi connectivity index (χ4v) is 4.62. The molecule has 0 aliphatic carbocycles. The summed E-state index contributed by atoms with van der Waals surface area (Å²) in [7, 11) is 0. The van der Waals surface area contributed by atoms with Crippen molar-refractivity contribution in [2.75, 3.05) is 0 Å². The average molecular weight is 374 g/mol. The number of thiazole rings is 1. The molecule has 0 saturated carbocycles. The largest absolute Gasteiger partial charge is 0.419 e. The minimum Gasteiger partial charge on any atom is -0.419 e. The van der Waals surface area contributed by atoms with E-state index in [1.54, 1.807) is 23.1 Å². The normalized spacial score (nSPS) is 12.6. The van der Waals surface area contributed by atoms with Crippen LogP contribution in [0.1, 0.15) is 18.1 Å². The molecular weight excluding hydrogens is 362 g/mol. The van der Waals surface area contributed by atoms with Gasteiger partial charge in [-0.2, -0.15) is 0 Å². The third-order valence-corrected chi connectivity index (χ3v) is 5.87. The molecule has 2 aromatic carbocycles. The third kappa shape index (κ3) is 3.17. The minimum absolute atomic E-state index is 0.0194. The third-order valence-electron chi connectivity index (χ3n) is 3.42. The van der Waals surface area contributed by atoms with Gasteiger partial charge in [-0.25, -0.2) is 4.98 Å². The summed E-state index contributed by atoms with van der Waals surface area (Å²) in [4.78, 5) is 4.61. The van der Waals surface area contributed by atoms with E-state index in [9.17, 15) is 0 Å². The molecule has 0 amide bonds. The van der Waals surface area contributed by atoms with E-state index in [1.165, 1.54) is 0 Å². The summed E-state index contributed by atoms with van der Waals surface area (Å²) in [5.41, 5.74) is 1.83. The zero-order valence-electron chi connectivity index (χ0n) is 12.6. The van der Waals surface area contributed by atoms with E-state index in [4.69, 9.17) is 16.0 Å². The molecule has 0 N–H and O–H groups in total. The number of rotatable bonds is 4. The lowest BCUT2D eigenvalue weighted by Crippen LogP contribution is -1.88. The van der Waals surface area contributed by atoms with Gasteiger partial charge in [0.05, 0.1) is 15.5 Å². The fraction of sp³-hybridized carbons (Fsp3) is 0.118. The Bertz CT molecular complexity index is 984. The second kappa shape index (κ2) is 6.55. The maximum absolute atomic E-state index is 6.02. The van der Waals surface area contributed by atoms with Crippen molar-refractivity contribution in [2.45, 2.75) is 16.5 Å². The van der Waals surface area contributed by atoms with Gasteiger partial charge in [0, 0.05) is 10.6 Å². The van der Waals surface area contributed by atoms with Gasteiger partial charge >= 0.3 is 0 Å². The van der Waals surface area contributed by atoms with Crippen LogP contribution in [0.4, 0.5) is 0 Å². The van der Waals surface area contributed by atoms with Gasteiger partial charge in [0.25, 0.3) is 0 Å². The first-order valence-corrected chi connectivity index (χ1v) is 9.38. The number of thioether (sulfide) groups is 1. The van der Waals surface area contributed by atoms with E-state index in [2.05, 4.69) is 15.2 Å². The van der Waals surface area contributed by atoms with Crippen LogP contribution in [0.3, 0.4) is 0 Å². The van der Waals surface area contributed by atoms with E-state index in [1.807, 2.05) is 55.5 Å². The maximum Gasteiger partial charge on any atom is 0.247 e. The molecule has 0 spiro atoms. The molecule has 4 aromatic rings. The molecule has 1 atom stereocenters. The molecule has 0 aliphatic rings. The van der Waals surface area contributed by atoms with Gasteiger partial charge in [0.1, 0.15) is 0 Å². The van der Waals surface area contributed by atoms with Crippen LogP contribution in [0.2, 0.25) is 5.02 Å². The Labute approximate surface area is 151 Å². The maximum atomic E-state index is 6.02. The molecule has 0 aliphatic heterocycles. The summed E-state index contributed by atoms with van der Waals surface area (Å²) in [6.45, 7) is 2.03. The number of benzene rings is 2. The number of aromatic nitrogens is 3. The molecule has 7 heteroatoms. The number of nitrogens with zero attached hydrogens (tertiary/aromatic N) is 3. The molecule has 0 fully saturated rings. The lowest BCUT2D eigenvalue weighted by molar-refractivity contribution is 0.509. The van der Waals surface area contributed by atoms with Crippen LogP contribution in [0, 0.1) is 0 Å². The molecule has 2 heterocycles. The highest BCUT2D eigenvalue weighted by Crippen LogP contribution is 2.39. The molecule has 4 rings (SSSR count). The quantitative estimate of drug-likeness (QED) is 0.420. The highest BCUT2D eigenvalue weighted by Gasteiger charge is 2.18. The van der Waals surface area contributed by atoms with Crippen molar-refractivity contribution in [1.29, 1.82) is 0 Å². The predicted octanol–water partition coefficient (Wildman–Crippen LogP) is 5.85. The molecule has 2 aromatic heterocycles. The topological polar surface area (TPSA) is 51.8 Å². The number of hydrogen-bond acceptors (Lipinski definition) is 6. The van der Waals surface area contributed by atoms with Crippen LogP contribution in [-0.2, 0) is 0 Å². The second-order valence-electron chi connectivity index (χ2n) is 5.16. The van der Waals surface area contributed by atoms with Gasteiger partial charge in [-0.05, 0) is 37.3 Å². The molecule has 0 unspecified atom stereocenters. The van der Waals surface area contributed by atoms with E-state index < -0.39 is 0 Å². The van der Waals surface area contributed by atoms with Crippen LogP contribution in [0.5, 0.6) is 0 Å². The van der Waals surface area contributed by atoms with Crippen molar-refractivity contribution in [3.63, 3.8) is 0 Å². The van der Waals surface area contributed by atoms with Gasteiger partial charge in [0.2, 0.25) is 11.8 Å².